The minimum atomic E-state index is -0.0785. The molecule has 1 amide bonds. The largest absolute Gasteiger partial charge is 0.373 e. The summed E-state index contributed by atoms with van der Waals surface area (Å²) < 4.78 is 6.37. The van der Waals surface area contributed by atoms with Crippen molar-refractivity contribution >= 4 is 21.8 Å². The lowest BCUT2D eigenvalue weighted by molar-refractivity contribution is -0.0300. The second-order valence-corrected chi connectivity index (χ2v) is 5.35. The number of halogens is 1. The van der Waals surface area contributed by atoms with Gasteiger partial charge < -0.3 is 15.4 Å². The van der Waals surface area contributed by atoms with E-state index >= 15 is 0 Å². The van der Waals surface area contributed by atoms with Crippen molar-refractivity contribution in [2.75, 3.05) is 19.7 Å². The molecule has 18 heavy (non-hydrogen) atoms. The van der Waals surface area contributed by atoms with Crippen molar-refractivity contribution in [2.45, 2.75) is 19.1 Å². The first kappa shape index (κ1) is 13.5. The van der Waals surface area contributed by atoms with Crippen LogP contribution < -0.4 is 5.73 Å². The lowest BCUT2D eigenvalue weighted by Crippen LogP contribution is -2.51. The Kier molecular flexibility index (Phi) is 4.37. The normalized spacial score (nSPS) is 21.7. The van der Waals surface area contributed by atoms with Crippen molar-refractivity contribution in [3.8, 4) is 0 Å². The Hall–Kier alpha value is -0.910. The number of carbonyl (C=O) groups excluding carboxylic acids is 1. The molecule has 2 atom stereocenters. The molecule has 4 nitrogen and oxygen atoms in total. The summed E-state index contributed by atoms with van der Waals surface area (Å²) in [5.74, 6) is 0.0245. The van der Waals surface area contributed by atoms with E-state index < -0.39 is 0 Å². The summed E-state index contributed by atoms with van der Waals surface area (Å²) in [4.78, 5) is 14.2. The average molecular weight is 313 g/mol. The van der Waals surface area contributed by atoms with Crippen molar-refractivity contribution in [2.24, 2.45) is 5.73 Å². The lowest BCUT2D eigenvalue weighted by Gasteiger charge is -2.34. The zero-order valence-corrected chi connectivity index (χ0v) is 11.9. The second kappa shape index (κ2) is 5.82. The highest BCUT2D eigenvalue weighted by Gasteiger charge is 2.27. The summed E-state index contributed by atoms with van der Waals surface area (Å²) in [6, 6.07) is 7.38. The van der Waals surface area contributed by atoms with Crippen LogP contribution in [0.2, 0.25) is 0 Å². The van der Waals surface area contributed by atoms with E-state index in [-0.39, 0.29) is 18.1 Å². The van der Waals surface area contributed by atoms with Crippen LogP contribution in [0.3, 0.4) is 0 Å². The highest BCUT2D eigenvalue weighted by atomic mass is 79.9. The molecule has 0 saturated carbocycles. The number of hydrogen-bond acceptors (Lipinski definition) is 3. The lowest BCUT2D eigenvalue weighted by atomic mass is 10.1. The van der Waals surface area contributed by atoms with Gasteiger partial charge in [-0.2, -0.15) is 0 Å². The summed E-state index contributed by atoms with van der Waals surface area (Å²) in [5.41, 5.74) is 6.51. The molecule has 0 bridgehead atoms. The van der Waals surface area contributed by atoms with Crippen LogP contribution in [0.1, 0.15) is 17.3 Å². The predicted molar refractivity (Wildman–Crippen MR) is 73.4 cm³/mol. The fourth-order valence-corrected chi connectivity index (χ4v) is 2.44. The molecule has 0 aromatic heterocycles. The number of hydrogen-bond donors (Lipinski definition) is 1. The van der Waals surface area contributed by atoms with Gasteiger partial charge in [0.2, 0.25) is 0 Å². The number of rotatable bonds is 2. The van der Waals surface area contributed by atoms with Crippen LogP contribution >= 0.6 is 15.9 Å². The van der Waals surface area contributed by atoms with E-state index in [1.165, 1.54) is 0 Å². The Labute approximate surface area is 115 Å². The van der Waals surface area contributed by atoms with Gasteiger partial charge in [-0.15, -0.1) is 0 Å². The molecule has 1 aliphatic rings. The van der Waals surface area contributed by atoms with Gasteiger partial charge in [-0.3, -0.25) is 4.79 Å². The summed E-state index contributed by atoms with van der Waals surface area (Å²) in [6.45, 7) is 3.61. The van der Waals surface area contributed by atoms with Crippen LogP contribution in [0.15, 0.2) is 28.7 Å². The van der Waals surface area contributed by atoms with E-state index in [1.807, 2.05) is 31.2 Å². The third-order valence-corrected chi connectivity index (χ3v) is 3.76. The fraction of sp³-hybridized carbons (Fsp3) is 0.462. The summed E-state index contributed by atoms with van der Waals surface area (Å²) in [7, 11) is 0. The van der Waals surface area contributed by atoms with Gasteiger partial charge in [0.25, 0.3) is 5.91 Å². The number of nitrogens with two attached hydrogens (primary N) is 1. The fourth-order valence-electron chi connectivity index (χ4n) is 1.98. The highest BCUT2D eigenvalue weighted by molar-refractivity contribution is 9.10. The first-order chi connectivity index (χ1) is 8.59. The van der Waals surface area contributed by atoms with Gasteiger partial charge >= 0.3 is 0 Å². The summed E-state index contributed by atoms with van der Waals surface area (Å²) in [5, 5.41) is 0. The molecule has 1 aliphatic heterocycles. The number of amides is 1. The molecule has 1 fully saturated rings. The SMILES string of the molecule is CC(N)C1CN(C(=O)c2ccccc2Br)CCO1. The zero-order valence-electron chi connectivity index (χ0n) is 10.3. The third-order valence-electron chi connectivity index (χ3n) is 3.07. The van der Waals surface area contributed by atoms with Crippen LogP contribution in [-0.2, 0) is 4.74 Å². The summed E-state index contributed by atoms with van der Waals surface area (Å²) >= 11 is 3.40. The van der Waals surface area contributed by atoms with Crippen LogP contribution in [0.5, 0.6) is 0 Å². The molecule has 0 aliphatic carbocycles. The first-order valence-corrected chi connectivity index (χ1v) is 6.80. The molecule has 1 aromatic rings. The Morgan fingerprint density at radius 3 is 2.94 bits per heavy atom. The molecule has 2 unspecified atom stereocenters. The van der Waals surface area contributed by atoms with Crippen LogP contribution in [0.4, 0.5) is 0 Å². The molecule has 98 valence electrons. The number of benzene rings is 1. The van der Waals surface area contributed by atoms with Gasteiger partial charge in [0.1, 0.15) is 0 Å². The van der Waals surface area contributed by atoms with Crippen LogP contribution in [0, 0.1) is 0 Å². The summed E-state index contributed by atoms with van der Waals surface area (Å²) in [6.07, 6.45) is -0.0785. The van der Waals surface area contributed by atoms with E-state index in [1.54, 1.807) is 4.90 Å². The quantitative estimate of drug-likeness (QED) is 0.903. The molecular formula is C13H17BrN2O2. The molecule has 1 aromatic carbocycles. The maximum atomic E-state index is 12.4. The van der Waals surface area contributed by atoms with E-state index in [0.717, 1.165) is 4.47 Å². The van der Waals surface area contributed by atoms with Gasteiger partial charge in [0.05, 0.1) is 18.3 Å². The molecule has 1 saturated heterocycles. The molecule has 1 heterocycles. The Bertz CT molecular complexity index is 437. The maximum absolute atomic E-state index is 12.4. The maximum Gasteiger partial charge on any atom is 0.255 e. The molecular weight excluding hydrogens is 296 g/mol. The highest BCUT2D eigenvalue weighted by Crippen LogP contribution is 2.19. The Morgan fingerprint density at radius 1 is 1.56 bits per heavy atom. The number of carbonyl (C=O) groups is 1. The first-order valence-electron chi connectivity index (χ1n) is 6.00. The van der Waals surface area contributed by atoms with Crippen molar-refractivity contribution in [3.05, 3.63) is 34.3 Å². The number of nitrogens with zero attached hydrogens (tertiary/aromatic N) is 1. The molecule has 2 rings (SSSR count). The monoisotopic (exact) mass is 312 g/mol. The number of ether oxygens (including phenoxy) is 1. The molecule has 2 N–H and O–H groups in total. The molecule has 5 heteroatoms. The average Bonchev–Trinajstić information content (AvgIpc) is 2.38. The number of morpholine rings is 1. The van der Waals surface area contributed by atoms with Crippen molar-refractivity contribution < 1.29 is 9.53 Å². The predicted octanol–water partition coefficient (Wildman–Crippen LogP) is 1.64. The third kappa shape index (κ3) is 2.91. The zero-order chi connectivity index (χ0) is 13.1. The molecule has 0 radical (unpaired) electrons. The smallest absolute Gasteiger partial charge is 0.255 e. The van der Waals surface area contributed by atoms with E-state index in [9.17, 15) is 4.79 Å². The van der Waals surface area contributed by atoms with Gasteiger partial charge in [-0.25, -0.2) is 0 Å². The Morgan fingerprint density at radius 2 is 2.28 bits per heavy atom. The van der Waals surface area contributed by atoms with Crippen molar-refractivity contribution in [3.63, 3.8) is 0 Å². The topological polar surface area (TPSA) is 55.6 Å². The minimum Gasteiger partial charge on any atom is -0.373 e. The van der Waals surface area contributed by atoms with E-state index in [2.05, 4.69) is 15.9 Å². The second-order valence-electron chi connectivity index (χ2n) is 4.50. The van der Waals surface area contributed by atoms with Gasteiger partial charge in [0.15, 0.2) is 0 Å². The van der Waals surface area contributed by atoms with Crippen LogP contribution in [0.25, 0.3) is 0 Å². The van der Waals surface area contributed by atoms with E-state index in [4.69, 9.17) is 10.5 Å². The van der Waals surface area contributed by atoms with Crippen LogP contribution in [-0.4, -0.2) is 42.6 Å². The molecule has 0 spiro atoms. The van der Waals surface area contributed by atoms with Crippen molar-refractivity contribution in [1.82, 2.24) is 4.90 Å². The minimum absolute atomic E-state index is 0.0245. The van der Waals surface area contributed by atoms with E-state index in [0.29, 0.717) is 25.3 Å². The Balaban J connectivity index is 2.12. The standard InChI is InChI=1S/C13H17BrN2O2/c1-9(15)12-8-16(6-7-18-12)13(17)10-4-2-3-5-11(10)14/h2-5,9,12H,6-8,15H2,1H3. The van der Waals surface area contributed by atoms with Crippen molar-refractivity contribution in [1.29, 1.82) is 0 Å². The van der Waals surface area contributed by atoms with Gasteiger partial charge in [0, 0.05) is 23.6 Å². The van der Waals surface area contributed by atoms with Gasteiger partial charge in [-0.1, -0.05) is 12.1 Å². The van der Waals surface area contributed by atoms with Gasteiger partial charge in [-0.05, 0) is 35.0 Å².